The van der Waals surface area contributed by atoms with Crippen LogP contribution in [-0.2, 0) is 6.42 Å². The van der Waals surface area contributed by atoms with Crippen molar-refractivity contribution in [2.75, 3.05) is 0 Å². The van der Waals surface area contributed by atoms with Crippen molar-refractivity contribution >= 4 is 15.9 Å². The lowest BCUT2D eigenvalue weighted by Gasteiger charge is -2.09. The van der Waals surface area contributed by atoms with Crippen LogP contribution in [0.25, 0.3) is 0 Å². The van der Waals surface area contributed by atoms with Gasteiger partial charge in [-0.05, 0) is 39.5 Å². The molecule has 4 heteroatoms. The minimum atomic E-state index is 0.522. The Hall–Kier alpha value is -1.42. The second kappa shape index (κ2) is 6.15. The van der Waals surface area contributed by atoms with Crippen molar-refractivity contribution < 1.29 is 4.74 Å². The summed E-state index contributed by atoms with van der Waals surface area (Å²) in [6.07, 6.45) is 0.780. The fourth-order valence-electron chi connectivity index (χ4n) is 1.69. The van der Waals surface area contributed by atoms with Crippen molar-refractivity contribution in [2.45, 2.75) is 33.1 Å². The third-order valence-electron chi connectivity index (χ3n) is 2.80. The van der Waals surface area contributed by atoms with Crippen molar-refractivity contribution in [3.63, 3.8) is 0 Å². The first-order valence-corrected chi connectivity index (χ1v) is 7.19. The van der Waals surface area contributed by atoms with Gasteiger partial charge in [-0.25, -0.2) is 4.98 Å². The second-order valence-electron chi connectivity index (χ2n) is 4.62. The summed E-state index contributed by atoms with van der Waals surface area (Å²) in [6, 6.07) is 9.87. The topological polar surface area (TPSA) is 35.0 Å². The highest BCUT2D eigenvalue weighted by molar-refractivity contribution is 9.10. The SMILES string of the molecule is CCc1nc(Br)cc(Oc2ccc(C(C)C)cc2)n1. The summed E-state index contributed by atoms with van der Waals surface area (Å²) in [6.45, 7) is 6.36. The van der Waals surface area contributed by atoms with Crippen LogP contribution in [0.4, 0.5) is 0 Å². The molecule has 2 aromatic rings. The summed E-state index contributed by atoms with van der Waals surface area (Å²) >= 11 is 3.37. The van der Waals surface area contributed by atoms with Crippen molar-refractivity contribution in [2.24, 2.45) is 0 Å². The van der Waals surface area contributed by atoms with Crippen LogP contribution in [0.1, 0.15) is 38.1 Å². The van der Waals surface area contributed by atoms with Gasteiger partial charge in [-0.3, -0.25) is 0 Å². The average molecular weight is 321 g/mol. The fourth-order valence-corrected chi connectivity index (χ4v) is 2.09. The van der Waals surface area contributed by atoms with E-state index in [9.17, 15) is 0 Å². The molecule has 0 atom stereocenters. The van der Waals surface area contributed by atoms with Crippen molar-refractivity contribution in [1.29, 1.82) is 0 Å². The molecule has 2 rings (SSSR count). The summed E-state index contributed by atoms with van der Waals surface area (Å²) in [5.41, 5.74) is 1.30. The molecule has 1 aromatic heterocycles. The first kappa shape index (κ1) is 14.0. The fraction of sp³-hybridized carbons (Fsp3) is 0.333. The predicted octanol–water partition coefficient (Wildman–Crippen LogP) is 4.72. The van der Waals surface area contributed by atoms with E-state index in [-0.39, 0.29) is 0 Å². The number of halogens is 1. The number of rotatable bonds is 4. The van der Waals surface area contributed by atoms with Gasteiger partial charge >= 0.3 is 0 Å². The molecule has 0 aliphatic carbocycles. The van der Waals surface area contributed by atoms with Crippen LogP contribution < -0.4 is 4.74 Å². The Morgan fingerprint density at radius 1 is 1.16 bits per heavy atom. The minimum absolute atomic E-state index is 0.522. The van der Waals surface area contributed by atoms with Crippen LogP contribution in [0.2, 0.25) is 0 Å². The number of benzene rings is 1. The molecule has 0 N–H and O–H groups in total. The van der Waals surface area contributed by atoms with Crippen LogP contribution >= 0.6 is 15.9 Å². The van der Waals surface area contributed by atoms with Crippen molar-refractivity contribution in [3.05, 3.63) is 46.3 Å². The number of aromatic nitrogens is 2. The zero-order valence-electron chi connectivity index (χ0n) is 11.4. The van der Waals surface area contributed by atoms with Crippen LogP contribution in [0.15, 0.2) is 34.9 Å². The largest absolute Gasteiger partial charge is 0.439 e. The van der Waals surface area contributed by atoms with Gasteiger partial charge in [-0.2, -0.15) is 4.98 Å². The third-order valence-corrected chi connectivity index (χ3v) is 3.21. The lowest BCUT2D eigenvalue weighted by atomic mass is 10.0. The van der Waals surface area contributed by atoms with E-state index < -0.39 is 0 Å². The van der Waals surface area contributed by atoms with Crippen LogP contribution in [0.5, 0.6) is 11.6 Å². The molecule has 0 saturated carbocycles. The molecule has 0 radical (unpaired) electrons. The Morgan fingerprint density at radius 2 is 1.84 bits per heavy atom. The molecule has 1 heterocycles. The van der Waals surface area contributed by atoms with Gasteiger partial charge in [0.1, 0.15) is 16.2 Å². The first-order chi connectivity index (χ1) is 9.08. The van der Waals surface area contributed by atoms with Gasteiger partial charge in [-0.1, -0.05) is 32.9 Å². The summed E-state index contributed by atoms with van der Waals surface area (Å²) in [5, 5.41) is 0. The van der Waals surface area contributed by atoms with E-state index in [1.807, 2.05) is 19.1 Å². The summed E-state index contributed by atoms with van der Waals surface area (Å²) in [5.74, 6) is 2.64. The predicted molar refractivity (Wildman–Crippen MR) is 79.7 cm³/mol. The normalized spacial score (nSPS) is 10.8. The molecule has 19 heavy (non-hydrogen) atoms. The molecule has 3 nitrogen and oxygen atoms in total. The maximum Gasteiger partial charge on any atom is 0.223 e. The molecule has 1 aromatic carbocycles. The highest BCUT2D eigenvalue weighted by Crippen LogP contribution is 2.24. The van der Waals surface area contributed by atoms with Crippen LogP contribution in [0, 0.1) is 0 Å². The smallest absolute Gasteiger partial charge is 0.223 e. The average Bonchev–Trinajstić information content (AvgIpc) is 2.38. The van der Waals surface area contributed by atoms with E-state index in [4.69, 9.17) is 4.74 Å². The monoisotopic (exact) mass is 320 g/mol. The summed E-state index contributed by atoms with van der Waals surface area (Å²) < 4.78 is 6.50. The van der Waals surface area contributed by atoms with Crippen LogP contribution in [-0.4, -0.2) is 9.97 Å². The minimum Gasteiger partial charge on any atom is -0.439 e. The van der Waals surface area contributed by atoms with Gasteiger partial charge in [0.05, 0.1) is 0 Å². The summed E-state index contributed by atoms with van der Waals surface area (Å²) in [7, 11) is 0. The molecule has 0 amide bonds. The Morgan fingerprint density at radius 3 is 2.42 bits per heavy atom. The van der Waals surface area contributed by atoms with E-state index >= 15 is 0 Å². The van der Waals surface area contributed by atoms with E-state index in [2.05, 4.69) is 51.9 Å². The Kier molecular flexibility index (Phi) is 4.53. The molecule has 0 spiro atoms. The molecule has 0 unspecified atom stereocenters. The van der Waals surface area contributed by atoms with Gasteiger partial charge in [0.25, 0.3) is 0 Å². The number of nitrogens with zero attached hydrogens (tertiary/aromatic N) is 2. The van der Waals surface area contributed by atoms with Gasteiger partial charge < -0.3 is 4.74 Å². The molecular formula is C15H17BrN2O. The number of hydrogen-bond donors (Lipinski definition) is 0. The standard InChI is InChI=1S/C15H17BrN2O/c1-4-14-17-13(16)9-15(18-14)19-12-7-5-11(6-8-12)10(2)3/h5-10H,4H2,1-3H3. The highest BCUT2D eigenvalue weighted by Gasteiger charge is 2.05. The van der Waals surface area contributed by atoms with E-state index in [1.165, 1.54) is 5.56 Å². The Balaban J connectivity index is 2.18. The summed E-state index contributed by atoms with van der Waals surface area (Å²) in [4.78, 5) is 8.60. The maximum atomic E-state index is 5.76. The second-order valence-corrected chi connectivity index (χ2v) is 5.44. The Labute approximate surface area is 122 Å². The van der Waals surface area contributed by atoms with Crippen molar-refractivity contribution in [3.8, 4) is 11.6 Å². The number of ether oxygens (including phenoxy) is 1. The van der Waals surface area contributed by atoms with E-state index in [0.717, 1.165) is 22.6 Å². The van der Waals surface area contributed by atoms with Gasteiger partial charge in [0.2, 0.25) is 5.88 Å². The first-order valence-electron chi connectivity index (χ1n) is 6.39. The van der Waals surface area contributed by atoms with Crippen LogP contribution in [0.3, 0.4) is 0 Å². The zero-order chi connectivity index (χ0) is 13.8. The molecular weight excluding hydrogens is 304 g/mol. The lowest BCUT2D eigenvalue weighted by molar-refractivity contribution is 0.457. The molecule has 0 aliphatic heterocycles. The maximum absolute atomic E-state index is 5.76. The molecule has 0 bridgehead atoms. The zero-order valence-corrected chi connectivity index (χ0v) is 12.9. The van der Waals surface area contributed by atoms with Gasteiger partial charge in [0.15, 0.2) is 0 Å². The third kappa shape index (κ3) is 3.77. The number of hydrogen-bond acceptors (Lipinski definition) is 3. The molecule has 100 valence electrons. The quantitative estimate of drug-likeness (QED) is 0.765. The highest BCUT2D eigenvalue weighted by atomic mass is 79.9. The van der Waals surface area contributed by atoms with Gasteiger partial charge in [-0.15, -0.1) is 0 Å². The molecule has 0 aliphatic rings. The van der Waals surface area contributed by atoms with Crippen molar-refractivity contribution in [1.82, 2.24) is 9.97 Å². The lowest BCUT2D eigenvalue weighted by Crippen LogP contribution is -1.96. The van der Waals surface area contributed by atoms with E-state index in [0.29, 0.717) is 11.8 Å². The molecule has 0 fully saturated rings. The Bertz CT molecular complexity index is 553. The molecule has 0 saturated heterocycles. The number of aryl methyl sites for hydroxylation is 1. The van der Waals surface area contributed by atoms with E-state index in [1.54, 1.807) is 6.07 Å². The van der Waals surface area contributed by atoms with Gasteiger partial charge in [0, 0.05) is 12.5 Å².